The van der Waals surface area contributed by atoms with Crippen LogP contribution in [0.4, 0.5) is 0 Å². The van der Waals surface area contributed by atoms with E-state index in [1.165, 1.54) is 12.6 Å². The number of hydrogen-bond donors (Lipinski definition) is 1. The van der Waals surface area contributed by atoms with E-state index in [1.54, 1.807) is 11.8 Å². The Bertz CT molecular complexity index is 513. The number of esters is 1. The Hall–Kier alpha value is -0.640. The van der Waals surface area contributed by atoms with Gasteiger partial charge in [-0.05, 0) is 24.9 Å². The van der Waals surface area contributed by atoms with Crippen LogP contribution in [0.25, 0.3) is 0 Å². The van der Waals surface area contributed by atoms with Crippen LogP contribution in [0, 0.1) is 0 Å². The number of thiazole rings is 1. The molecule has 0 spiro atoms. The van der Waals surface area contributed by atoms with Gasteiger partial charge in [0.25, 0.3) is 10.0 Å². The number of sulfonamides is 1. The number of methoxy groups -OCH3 is 1. The van der Waals surface area contributed by atoms with Gasteiger partial charge in [-0.2, -0.15) is 11.8 Å². The second kappa shape index (κ2) is 7.83. The summed E-state index contributed by atoms with van der Waals surface area (Å²) in [6.07, 6.45) is 3.70. The maximum absolute atomic E-state index is 12.0. The number of thioether (sulfide) groups is 1. The number of nitrogens with zero attached hydrogens (tertiary/aromatic N) is 1. The average molecular weight is 324 g/mol. The second-order valence-electron chi connectivity index (χ2n) is 3.58. The van der Waals surface area contributed by atoms with Crippen molar-refractivity contribution in [1.82, 2.24) is 9.71 Å². The summed E-state index contributed by atoms with van der Waals surface area (Å²) in [5.41, 5.74) is 1.15. The van der Waals surface area contributed by atoms with Gasteiger partial charge in [0.1, 0.15) is 0 Å². The molecule has 0 aliphatic heterocycles. The molecular weight excluding hydrogens is 308 g/mol. The molecule has 1 heterocycles. The molecule has 0 bridgehead atoms. The van der Waals surface area contributed by atoms with E-state index in [1.807, 2.05) is 6.26 Å². The van der Waals surface area contributed by atoms with Crippen molar-refractivity contribution in [2.24, 2.45) is 0 Å². The molecule has 0 amide bonds. The summed E-state index contributed by atoms with van der Waals surface area (Å²) in [6.45, 7) is 0.349. The molecule has 0 saturated heterocycles. The summed E-state index contributed by atoms with van der Waals surface area (Å²) in [6, 6.07) is 0. The first-order valence-corrected chi connectivity index (χ1v) is 9.29. The molecule has 0 aromatic carbocycles. The molecule has 1 rings (SSSR count). The molecule has 0 saturated carbocycles. The Kier molecular flexibility index (Phi) is 6.76. The van der Waals surface area contributed by atoms with Crippen molar-refractivity contribution in [2.45, 2.75) is 17.1 Å². The van der Waals surface area contributed by atoms with E-state index in [4.69, 9.17) is 0 Å². The second-order valence-corrected chi connectivity index (χ2v) is 7.38. The van der Waals surface area contributed by atoms with Crippen LogP contribution in [0.5, 0.6) is 0 Å². The molecule has 19 heavy (non-hydrogen) atoms. The highest BCUT2D eigenvalue weighted by Gasteiger charge is 2.25. The third-order valence-corrected chi connectivity index (χ3v) is 5.75. The molecule has 1 aromatic rings. The maximum Gasteiger partial charge on any atom is 0.358 e. The lowest BCUT2D eigenvalue weighted by Crippen LogP contribution is -2.26. The zero-order chi connectivity index (χ0) is 14.3. The molecule has 0 unspecified atom stereocenters. The Morgan fingerprint density at radius 1 is 1.53 bits per heavy atom. The van der Waals surface area contributed by atoms with Crippen LogP contribution in [-0.4, -0.2) is 45.0 Å². The first-order valence-electron chi connectivity index (χ1n) is 5.53. The Morgan fingerprint density at radius 2 is 2.26 bits per heavy atom. The fraction of sp³-hybridized carbons (Fsp3) is 0.600. The number of carbonyl (C=O) groups is 1. The molecule has 6 nitrogen and oxygen atoms in total. The van der Waals surface area contributed by atoms with Crippen LogP contribution < -0.4 is 4.72 Å². The van der Waals surface area contributed by atoms with Gasteiger partial charge in [-0.15, -0.1) is 11.3 Å². The molecule has 0 atom stereocenters. The van der Waals surface area contributed by atoms with Gasteiger partial charge in [-0.25, -0.2) is 22.9 Å². The molecule has 1 aromatic heterocycles. The first-order chi connectivity index (χ1) is 9.03. The Labute approximate surface area is 121 Å². The van der Waals surface area contributed by atoms with Gasteiger partial charge in [0.15, 0.2) is 9.90 Å². The smallest absolute Gasteiger partial charge is 0.358 e. The standard InChI is InChI=1S/C10H16N2O4S3/c1-16-9(13)8-10(18-7-11-8)19(14,15)12-5-3-4-6-17-2/h7,12H,3-6H2,1-2H3. The minimum absolute atomic E-state index is 0.0933. The lowest BCUT2D eigenvalue weighted by molar-refractivity contribution is 0.0590. The monoisotopic (exact) mass is 324 g/mol. The average Bonchev–Trinajstić information content (AvgIpc) is 2.87. The molecule has 108 valence electrons. The minimum atomic E-state index is -3.69. The van der Waals surface area contributed by atoms with E-state index in [-0.39, 0.29) is 9.90 Å². The topological polar surface area (TPSA) is 85.4 Å². The van der Waals surface area contributed by atoms with Gasteiger partial charge in [-0.1, -0.05) is 0 Å². The number of unbranched alkanes of at least 4 members (excludes halogenated alkanes) is 1. The van der Waals surface area contributed by atoms with Gasteiger partial charge < -0.3 is 4.74 Å². The summed E-state index contributed by atoms with van der Waals surface area (Å²) in [5, 5.41) is 0. The van der Waals surface area contributed by atoms with Crippen molar-refractivity contribution in [3.8, 4) is 0 Å². The minimum Gasteiger partial charge on any atom is -0.464 e. The lowest BCUT2D eigenvalue weighted by Gasteiger charge is -2.05. The van der Waals surface area contributed by atoms with Gasteiger partial charge in [-0.3, -0.25) is 0 Å². The van der Waals surface area contributed by atoms with Crippen LogP contribution in [-0.2, 0) is 14.8 Å². The summed E-state index contributed by atoms with van der Waals surface area (Å²) in [5.74, 6) is 0.249. The maximum atomic E-state index is 12.0. The number of carbonyl (C=O) groups excluding carboxylic acids is 1. The van der Waals surface area contributed by atoms with E-state index in [2.05, 4.69) is 14.4 Å². The third kappa shape index (κ3) is 4.75. The molecular formula is C10H16N2O4S3. The van der Waals surface area contributed by atoms with E-state index >= 15 is 0 Å². The molecule has 0 aliphatic rings. The Morgan fingerprint density at radius 3 is 2.89 bits per heavy atom. The molecule has 1 N–H and O–H groups in total. The Balaban J connectivity index is 2.67. The zero-order valence-electron chi connectivity index (χ0n) is 10.7. The predicted molar refractivity (Wildman–Crippen MR) is 76.3 cm³/mol. The van der Waals surface area contributed by atoms with Crippen LogP contribution in [0.15, 0.2) is 9.72 Å². The van der Waals surface area contributed by atoms with Crippen molar-refractivity contribution in [2.75, 3.05) is 25.7 Å². The van der Waals surface area contributed by atoms with Gasteiger partial charge >= 0.3 is 5.97 Å². The van der Waals surface area contributed by atoms with Crippen LogP contribution in [0.2, 0.25) is 0 Å². The number of nitrogens with one attached hydrogen (secondary N) is 1. The van der Waals surface area contributed by atoms with E-state index in [0.29, 0.717) is 6.54 Å². The van der Waals surface area contributed by atoms with Crippen LogP contribution in [0.1, 0.15) is 23.3 Å². The van der Waals surface area contributed by atoms with Gasteiger partial charge in [0.2, 0.25) is 0 Å². The van der Waals surface area contributed by atoms with Crippen molar-refractivity contribution in [3.63, 3.8) is 0 Å². The van der Waals surface area contributed by atoms with Crippen LogP contribution >= 0.6 is 23.1 Å². The third-order valence-electron chi connectivity index (χ3n) is 2.23. The fourth-order valence-corrected chi connectivity index (χ4v) is 4.04. The van der Waals surface area contributed by atoms with Crippen molar-refractivity contribution >= 4 is 39.1 Å². The largest absolute Gasteiger partial charge is 0.464 e. The molecule has 0 aliphatic carbocycles. The number of ether oxygens (including phenoxy) is 1. The molecule has 9 heteroatoms. The summed E-state index contributed by atoms with van der Waals surface area (Å²) in [7, 11) is -2.50. The van der Waals surface area contributed by atoms with Gasteiger partial charge in [0.05, 0.1) is 12.6 Å². The van der Waals surface area contributed by atoms with E-state index in [9.17, 15) is 13.2 Å². The number of rotatable bonds is 8. The summed E-state index contributed by atoms with van der Waals surface area (Å²) in [4.78, 5) is 15.1. The van der Waals surface area contributed by atoms with Crippen molar-refractivity contribution in [1.29, 1.82) is 0 Å². The molecule has 0 radical (unpaired) electrons. The molecule has 0 fully saturated rings. The lowest BCUT2D eigenvalue weighted by atomic mass is 10.3. The highest BCUT2D eigenvalue weighted by Crippen LogP contribution is 2.20. The summed E-state index contributed by atoms with van der Waals surface area (Å²) < 4.78 is 30.9. The SMILES string of the molecule is COC(=O)c1ncsc1S(=O)(=O)NCCCCSC. The fourth-order valence-electron chi connectivity index (χ4n) is 1.30. The first kappa shape index (κ1) is 16.4. The number of hydrogen-bond acceptors (Lipinski definition) is 7. The normalized spacial score (nSPS) is 11.5. The van der Waals surface area contributed by atoms with Crippen LogP contribution in [0.3, 0.4) is 0 Å². The highest BCUT2D eigenvalue weighted by atomic mass is 32.2. The quantitative estimate of drug-likeness (QED) is 0.574. The van der Waals surface area contributed by atoms with E-state index < -0.39 is 16.0 Å². The van der Waals surface area contributed by atoms with E-state index in [0.717, 1.165) is 29.9 Å². The van der Waals surface area contributed by atoms with Crippen molar-refractivity contribution < 1.29 is 17.9 Å². The zero-order valence-corrected chi connectivity index (χ0v) is 13.2. The highest BCUT2D eigenvalue weighted by molar-refractivity contribution is 7.98. The predicted octanol–water partition coefficient (Wildman–Crippen LogP) is 1.35. The number of aromatic nitrogens is 1. The van der Waals surface area contributed by atoms with Crippen molar-refractivity contribution in [3.05, 3.63) is 11.2 Å². The van der Waals surface area contributed by atoms with Gasteiger partial charge in [0, 0.05) is 6.54 Å². The summed E-state index contributed by atoms with van der Waals surface area (Å²) >= 11 is 2.62.